The molecule has 0 radical (unpaired) electrons. The molecule has 3 heteroatoms. The van der Waals surface area contributed by atoms with E-state index in [0.717, 1.165) is 25.1 Å². The number of alkyl halides is 1. The van der Waals surface area contributed by atoms with Gasteiger partial charge in [0.25, 0.3) is 0 Å². The van der Waals surface area contributed by atoms with Crippen molar-refractivity contribution in [3.8, 4) is 0 Å². The van der Waals surface area contributed by atoms with E-state index >= 15 is 0 Å². The van der Waals surface area contributed by atoms with Gasteiger partial charge in [0, 0.05) is 17.4 Å². The van der Waals surface area contributed by atoms with Gasteiger partial charge >= 0.3 is 0 Å². The average molecular weight is 254 g/mol. The van der Waals surface area contributed by atoms with Gasteiger partial charge in [0.1, 0.15) is 8.07 Å². The molecule has 0 saturated carbocycles. The highest BCUT2D eigenvalue weighted by molar-refractivity contribution is 6.95. The second-order valence-electron chi connectivity index (χ2n) is 4.59. The van der Waals surface area contributed by atoms with Gasteiger partial charge in [-0.1, -0.05) is 24.4 Å². The lowest BCUT2D eigenvalue weighted by Crippen LogP contribution is -2.45. The van der Waals surface area contributed by atoms with Crippen molar-refractivity contribution in [3.05, 3.63) is 36.2 Å². The van der Waals surface area contributed by atoms with Crippen LogP contribution in [0.1, 0.15) is 19.3 Å². The molecule has 0 aliphatic carbocycles. The fourth-order valence-corrected chi connectivity index (χ4v) is 3.92. The minimum Gasteiger partial charge on any atom is -0.266 e. The van der Waals surface area contributed by atoms with E-state index in [-0.39, 0.29) is 0 Å². The fraction of sp³-hybridized carbons (Fsp3) is 0.462. The first-order chi connectivity index (χ1) is 7.59. The van der Waals surface area contributed by atoms with Crippen molar-refractivity contribution < 1.29 is 0 Å². The molecule has 16 heavy (non-hydrogen) atoms. The van der Waals surface area contributed by atoms with Crippen molar-refractivity contribution in [2.75, 3.05) is 5.88 Å². The summed E-state index contributed by atoms with van der Waals surface area (Å²) in [6.45, 7) is 8.89. The van der Waals surface area contributed by atoms with Crippen molar-refractivity contribution in [1.82, 2.24) is 4.98 Å². The van der Waals surface area contributed by atoms with Gasteiger partial charge in [-0.25, -0.2) is 0 Å². The summed E-state index contributed by atoms with van der Waals surface area (Å²) in [6.07, 6.45) is 5.18. The SMILES string of the molecule is C=C(CCCCCl)[Si](C)(C)c1ccccn1. The number of hydrogen-bond acceptors (Lipinski definition) is 1. The van der Waals surface area contributed by atoms with Crippen LogP contribution in [0.15, 0.2) is 36.2 Å². The molecule has 0 atom stereocenters. The number of allylic oxidation sites excluding steroid dienone is 1. The Morgan fingerprint density at radius 3 is 2.69 bits per heavy atom. The first-order valence-corrected chi connectivity index (χ1v) is 9.28. The molecule has 0 aliphatic heterocycles. The maximum Gasteiger partial charge on any atom is 0.130 e. The summed E-state index contributed by atoms with van der Waals surface area (Å²) in [5, 5.41) is 2.60. The van der Waals surface area contributed by atoms with Crippen molar-refractivity contribution in [1.29, 1.82) is 0 Å². The highest BCUT2D eigenvalue weighted by Crippen LogP contribution is 2.18. The van der Waals surface area contributed by atoms with Crippen LogP contribution in [0.4, 0.5) is 0 Å². The summed E-state index contributed by atoms with van der Waals surface area (Å²) in [5.41, 5.74) is 0. The Bertz CT molecular complexity index is 335. The molecule has 1 aromatic heterocycles. The van der Waals surface area contributed by atoms with Gasteiger partial charge in [0.2, 0.25) is 0 Å². The van der Waals surface area contributed by atoms with E-state index in [2.05, 4.69) is 36.8 Å². The minimum absolute atomic E-state index is 0.749. The lowest BCUT2D eigenvalue weighted by atomic mass is 10.2. The van der Waals surface area contributed by atoms with Crippen LogP contribution >= 0.6 is 11.6 Å². The molecule has 1 aromatic rings. The zero-order valence-electron chi connectivity index (χ0n) is 10.2. The molecular formula is C13H20ClNSi. The normalized spacial score (nSPS) is 11.4. The Balaban J connectivity index is 2.66. The molecule has 1 rings (SSSR count). The smallest absolute Gasteiger partial charge is 0.130 e. The predicted octanol–water partition coefficient (Wildman–Crippen LogP) is 3.50. The van der Waals surface area contributed by atoms with Crippen molar-refractivity contribution in [3.63, 3.8) is 0 Å². The van der Waals surface area contributed by atoms with E-state index < -0.39 is 8.07 Å². The van der Waals surface area contributed by atoms with Crippen LogP contribution in [0.2, 0.25) is 13.1 Å². The second kappa shape index (κ2) is 6.21. The van der Waals surface area contributed by atoms with Crippen LogP contribution in [0, 0.1) is 0 Å². The van der Waals surface area contributed by atoms with E-state index in [1.54, 1.807) is 0 Å². The van der Waals surface area contributed by atoms with E-state index in [9.17, 15) is 0 Å². The molecule has 88 valence electrons. The van der Waals surface area contributed by atoms with Crippen LogP contribution in [-0.2, 0) is 0 Å². The molecular weight excluding hydrogens is 234 g/mol. The summed E-state index contributed by atoms with van der Waals surface area (Å²) in [5.74, 6) is 0.749. The Morgan fingerprint density at radius 2 is 2.12 bits per heavy atom. The zero-order valence-corrected chi connectivity index (χ0v) is 11.9. The van der Waals surface area contributed by atoms with Gasteiger partial charge < -0.3 is 0 Å². The summed E-state index contributed by atoms with van der Waals surface area (Å²) in [7, 11) is -1.58. The van der Waals surface area contributed by atoms with Crippen LogP contribution in [-0.4, -0.2) is 18.9 Å². The first-order valence-electron chi connectivity index (χ1n) is 5.74. The number of unbranched alkanes of at least 4 members (excludes halogenated alkanes) is 1. The van der Waals surface area contributed by atoms with Crippen LogP contribution in [0.5, 0.6) is 0 Å². The van der Waals surface area contributed by atoms with Gasteiger partial charge in [-0.2, -0.15) is 0 Å². The monoisotopic (exact) mass is 253 g/mol. The third-order valence-corrected chi connectivity index (χ3v) is 6.91. The number of rotatable bonds is 6. The highest BCUT2D eigenvalue weighted by Gasteiger charge is 2.27. The quantitative estimate of drug-likeness (QED) is 0.430. The van der Waals surface area contributed by atoms with Gasteiger partial charge in [-0.05, 0) is 31.4 Å². The summed E-state index contributed by atoms with van der Waals surface area (Å²) < 4.78 is 0. The fourth-order valence-electron chi connectivity index (χ4n) is 1.66. The molecule has 0 bridgehead atoms. The van der Waals surface area contributed by atoms with Gasteiger partial charge in [-0.15, -0.1) is 18.2 Å². The third-order valence-electron chi connectivity index (χ3n) is 3.05. The topological polar surface area (TPSA) is 12.9 Å². The number of halogens is 1. The van der Waals surface area contributed by atoms with Crippen molar-refractivity contribution in [2.45, 2.75) is 32.4 Å². The molecule has 1 nitrogen and oxygen atoms in total. The van der Waals surface area contributed by atoms with Gasteiger partial charge in [0.05, 0.1) is 0 Å². The molecule has 1 heterocycles. The molecule has 0 N–H and O–H groups in total. The maximum atomic E-state index is 5.69. The second-order valence-corrected chi connectivity index (χ2v) is 9.44. The Morgan fingerprint density at radius 1 is 1.38 bits per heavy atom. The summed E-state index contributed by atoms with van der Waals surface area (Å²) in [4.78, 5) is 4.47. The van der Waals surface area contributed by atoms with E-state index in [1.807, 2.05) is 12.3 Å². The average Bonchev–Trinajstić information content (AvgIpc) is 2.30. The molecule has 0 spiro atoms. The largest absolute Gasteiger partial charge is 0.266 e. The molecule has 0 amide bonds. The predicted molar refractivity (Wildman–Crippen MR) is 75.1 cm³/mol. The standard InChI is InChI=1S/C13H20ClNSi/c1-12(8-4-6-10-14)16(2,3)13-9-5-7-11-15-13/h5,7,9,11H,1,4,6,8,10H2,2-3H3. The van der Waals surface area contributed by atoms with E-state index in [4.69, 9.17) is 11.6 Å². The lowest BCUT2D eigenvalue weighted by Gasteiger charge is -2.24. The third kappa shape index (κ3) is 3.46. The van der Waals surface area contributed by atoms with Crippen LogP contribution in [0.25, 0.3) is 0 Å². The minimum atomic E-state index is -1.58. The first kappa shape index (κ1) is 13.5. The van der Waals surface area contributed by atoms with E-state index in [0.29, 0.717) is 0 Å². The lowest BCUT2D eigenvalue weighted by molar-refractivity contribution is 0.809. The van der Waals surface area contributed by atoms with Gasteiger partial charge in [0.15, 0.2) is 0 Å². The zero-order chi connectivity index (χ0) is 12.0. The Labute approximate surface area is 105 Å². The number of pyridine rings is 1. The van der Waals surface area contributed by atoms with Crippen LogP contribution in [0.3, 0.4) is 0 Å². The van der Waals surface area contributed by atoms with Gasteiger partial charge in [-0.3, -0.25) is 4.98 Å². The van der Waals surface area contributed by atoms with Crippen LogP contribution < -0.4 is 5.32 Å². The molecule has 0 aliphatic rings. The van der Waals surface area contributed by atoms with Crippen molar-refractivity contribution >= 4 is 25.0 Å². The number of nitrogens with zero attached hydrogens (tertiary/aromatic N) is 1. The summed E-state index contributed by atoms with van der Waals surface area (Å²) in [6, 6.07) is 6.15. The maximum absolute atomic E-state index is 5.69. The number of hydrogen-bond donors (Lipinski definition) is 0. The molecule has 0 fully saturated rings. The van der Waals surface area contributed by atoms with Crippen molar-refractivity contribution in [2.24, 2.45) is 0 Å². The number of aromatic nitrogens is 1. The molecule has 0 saturated heterocycles. The molecule has 0 unspecified atom stereocenters. The summed E-state index contributed by atoms with van der Waals surface area (Å²) >= 11 is 5.69. The highest BCUT2D eigenvalue weighted by atomic mass is 35.5. The molecule has 0 aromatic carbocycles. The Kier molecular flexibility index (Phi) is 5.23. The Hall–Kier alpha value is -0.603. The van der Waals surface area contributed by atoms with E-state index in [1.165, 1.54) is 10.5 Å².